The maximum atomic E-state index is 12.2. The van der Waals surface area contributed by atoms with Gasteiger partial charge in [-0.2, -0.15) is 0 Å². The zero-order chi connectivity index (χ0) is 19.4. The minimum atomic E-state index is -0.536. The lowest BCUT2D eigenvalue weighted by atomic mass is 9.97. The van der Waals surface area contributed by atoms with Crippen molar-refractivity contribution in [1.82, 2.24) is 15.1 Å². The molecule has 0 radical (unpaired) electrons. The number of rotatable bonds is 4. The van der Waals surface area contributed by atoms with Gasteiger partial charge in [0.1, 0.15) is 5.60 Å². The Morgan fingerprint density at radius 2 is 2.00 bits per heavy atom. The van der Waals surface area contributed by atoms with Gasteiger partial charge in [-0.15, -0.1) is 10.2 Å². The van der Waals surface area contributed by atoms with Crippen LogP contribution in [-0.2, 0) is 20.9 Å². The predicted molar refractivity (Wildman–Crippen MR) is 92.3 cm³/mol. The highest BCUT2D eigenvalue weighted by atomic mass is 16.6. The van der Waals surface area contributed by atoms with Crippen LogP contribution in [0.1, 0.15) is 39.5 Å². The van der Waals surface area contributed by atoms with Crippen LogP contribution >= 0.6 is 0 Å². The van der Waals surface area contributed by atoms with Crippen molar-refractivity contribution >= 4 is 12.1 Å². The zero-order valence-electron chi connectivity index (χ0n) is 15.6. The number of likely N-dealkylation sites (tertiary alicyclic amines) is 1. The quantitative estimate of drug-likeness (QED) is 0.748. The van der Waals surface area contributed by atoms with E-state index < -0.39 is 5.60 Å². The molecule has 1 fully saturated rings. The second-order valence-corrected chi connectivity index (χ2v) is 7.33. The summed E-state index contributed by atoms with van der Waals surface area (Å²) in [6.45, 7) is 6.28. The number of nitrogens with zero attached hydrogens (tertiary/aromatic N) is 3. The third-order valence-electron chi connectivity index (χ3n) is 4.02. The second kappa shape index (κ2) is 7.81. The van der Waals surface area contributed by atoms with E-state index in [9.17, 15) is 9.59 Å². The molecule has 146 valence electrons. The van der Waals surface area contributed by atoms with Crippen molar-refractivity contribution in [2.45, 2.75) is 45.8 Å². The third-order valence-corrected chi connectivity index (χ3v) is 4.02. The van der Waals surface area contributed by atoms with Crippen molar-refractivity contribution < 1.29 is 27.9 Å². The van der Waals surface area contributed by atoms with Crippen LogP contribution in [0.25, 0.3) is 11.7 Å². The van der Waals surface area contributed by atoms with Crippen molar-refractivity contribution in [2.75, 3.05) is 13.1 Å². The highest BCUT2D eigenvalue weighted by molar-refractivity contribution is 5.73. The molecule has 9 heteroatoms. The molecular formula is C18H23N3O6. The van der Waals surface area contributed by atoms with E-state index in [2.05, 4.69) is 10.2 Å². The average molecular weight is 377 g/mol. The first kappa shape index (κ1) is 18.9. The molecule has 0 spiro atoms. The van der Waals surface area contributed by atoms with E-state index in [1.165, 1.54) is 6.26 Å². The molecule has 1 amide bonds. The summed E-state index contributed by atoms with van der Waals surface area (Å²) >= 11 is 0. The Morgan fingerprint density at radius 1 is 1.26 bits per heavy atom. The van der Waals surface area contributed by atoms with Gasteiger partial charge >= 0.3 is 12.1 Å². The largest absolute Gasteiger partial charge is 0.459 e. The lowest BCUT2D eigenvalue weighted by Gasteiger charge is -2.32. The zero-order valence-corrected chi connectivity index (χ0v) is 15.6. The molecule has 2 aromatic rings. The number of esters is 1. The van der Waals surface area contributed by atoms with Crippen molar-refractivity contribution in [3.8, 4) is 11.7 Å². The van der Waals surface area contributed by atoms with Gasteiger partial charge in [0.2, 0.25) is 0 Å². The summed E-state index contributed by atoms with van der Waals surface area (Å²) in [5, 5.41) is 7.68. The summed E-state index contributed by atoms with van der Waals surface area (Å²) in [5.41, 5.74) is -0.536. The second-order valence-electron chi connectivity index (χ2n) is 7.33. The molecule has 1 aliphatic rings. The van der Waals surface area contributed by atoms with Gasteiger partial charge in [0.05, 0.1) is 12.2 Å². The Labute approximate surface area is 156 Å². The average Bonchev–Trinajstić information content (AvgIpc) is 3.29. The SMILES string of the molecule is CC(C)(C)OC(=O)N1CCC(C(=O)OCc2nnc(-c3ccco3)o2)CC1. The fourth-order valence-electron chi connectivity index (χ4n) is 2.69. The van der Waals surface area contributed by atoms with Crippen LogP contribution < -0.4 is 0 Å². The van der Waals surface area contributed by atoms with E-state index in [0.717, 1.165) is 0 Å². The first-order chi connectivity index (χ1) is 12.8. The van der Waals surface area contributed by atoms with Crippen molar-refractivity contribution in [1.29, 1.82) is 0 Å². The van der Waals surface area contributed by atoms with E-state index in [1.807, 2.05) is 20.8 Å². The minimum Gasteiger partial charge on any atom is -0.459 e. The molecule has 0 saturated carbocycles. The Kier molecular flexibility index (Phi) is 5.48. The highest BCUT2D eigenvalue weighted by Gasteiger charge is 2.31. The first-order valence-electron chi connectivity index (χ1n) is 8.82. The van der Waals surface area contributed by atoms with Crippen molar-refractivity contribution in [3.05, 3.63) is 24.3 Å². The molecule has 3 rings (SSSR count). The van der Waals surface area contributed by atoms with Crippen LogP contribution in [0.4, 0.5) is 4.79 Å². The Morgan fingerprint density at radius 3 is 2.63 bits per heavy atom. The third kappa shape index (κ3) is 5.08. The van der Waals surface area contributed by atoms with Gasteiger partial charge in [-0.05, 0) is 45.7 Å². The van der Waals surface area contributed by atoms with Crippen molar-refractivity contribution in [2.24, 2.45) is 5.92 Å². The number of amides is 1. The van der Waals surface area contributed by atoms with E-state index in [-0.39, 0.29) is 36.4 Å². The molecule has 1 saturated heterocycles. The highest BCUT2D eigenvalue weighted by Crippen LogP contribution is 2.22. The number of hydrogen-bond acceptors (Lipinski definition) is 8. The van der Waals surface area contributed by atoms with Crippen LogP contribution in [0.15, 0.2) is 27.2 Å². The molecule has 27 heavy (non-hydrogen) atoms. The molecule has 0 atom stereocenters. The summed E-state index contributed by atoms with van der Waals surface area (Å²) < 4.78 is 21.2. The summed E-state index contributed by atoms with van der Waals surface area (Å²) in [5.74, 6) is 0.278. The molecular weight excluding hydrogens is 354 g/mol. The maximum absolute atomic E-state index is 12.2. The van der Waals surface area contributed by atoms with Crippen LogP contribution in [0.3, 0.4) is 0 Å². The smallest absolute Gasteiger partial charge is 0.410 e. The first-order valence-corrected chi connectivity index (χ1v) is 8.82. The van der Waals surface area contributed by atoms with Crippen LogP contribution in [0.2, 0.25) is 0 Å². The fraction of sp³-hybridized carbons (Fsp3) is 0.556. The van der Waals surface area contributed by atoms with E-state index >= 15 is 0 Å². The molecule has 0 unspecified atom stereocenters. The van der Waals surface area contributed by atoms with Gasteiger partial charge in [-0.1, -0.05) is 0 Å². The molecule has 1 aliphatic heterocycles. The van der Waals surface area contributed by atoms with E-state index in [1.54, 1.807) is 17.0 Å². The summed E-state index contributed by atoms with van der Waals surface area (Å²) in [4.78, 5) is 25.9. The molecule has 0 aromatic carbocycles. The van der Waals surface area contributed by atoms with Gasteiger partial charge in [0.15, 0.2) is 12.4 Å². The Hall–Kier alpha value is -2.84. The van der Waals surface area contributed by atoms with Crippen LogP contribution in [-0.4, -0.2) is 45.9 Å². The predicted octanol–water partition coefficient (Wildman–Crippen LogP) is 3.02. The standard InChI is InChI=1S/C18H23N3O6/c1-18(2,3)27-17(23)21-8-6-12(7-9-21)16(22)25-11-14-19-20-15(26-14)13-5-4-10-24-13/h4-5,10,12H,6-9,11H2,1-3H3. The van der Waals surface area contributed by atoms with E-state index in [4.69, 9.17) is 18.3 Å². The van der Waals surface area contributed by atoms with Gasteiger partial charge in [-0.3, -0.25) is 4.79 Å². The molecule has 0 bridgehead atoms. The number of carbonyl (C=O) groups excluding carboxylic acids is 2. The molecule has 0 N–H and O–H groups in total. The molecule has 9 nitrogen and oxygen atoms in total. The van der Waals surface area contributed by atoms with Gasteiger partial charge in [0, 0.05) is 13.1 Å². The number of ether oxygens (including phenoxy) is 2. The summed E-state index contributed by atoms with van der Waals surface area (Å²) in [6.07, 6.45) is 2.20. The number of aromatic nitrogens is 2. The monoisotopic (exact) mass is 377 g/mol. The van der Waals surface area contributed by atoms with E-state index in [0.29, 0.717) is 31.7 Å². The topological polar surface area (TPSA) is 108 Å². The number of hydrogen-bond donors (Lipinski definition) is 0. The lowest BCUT2D eigenvalue weighted by molar-refractivity contribution is -0.152. The summed E-state index contributed by atoms with van der Waals surface area (Å²) in [6, 6.07) is 3.41. The Bertz CT molecular complexity index is 769. The van der Waals surface area contributed by atoms with Gasteiger partial charge in [0.25, 0.3) is 11.8 Å². The number of piperidine rings is 1. The maximum Gasteiger partial charge on any atom is 0.410 e. The lowest BCUT2D eigenvalue weighted by Crippen LogP contribution is -2.43. The Balaban J connectivity index is 1.44. The molecule has 3 heterocycles. The normalized spacial score (nSPS) is 15.6. The summed E-state index contributed by atoms with van der Waals surface area (Å²) in [7, 11) is 0. The van der Waals surface area contributed by atoms with Crippen LogP contribution in [0, 0.1) is 5.92 Å². The van der Waals surface area contributed by atoms with Gasteiger partial charge in [-0.25, -0.2) is 4.79 Å². The molecule has 2 aromatic heterocycles. The minimum absolute atomic E-state index is 0.0984. The molecule has 0 aliphatic carbocycles. The van der Waals surface area contributed by atoms with Crippen LogP contribution in [0.5, 0.6) is 0 Å². The number of furan rings is 1. The van der Waals surface area contributed by atoms with Crippen molar-refractivity contribution in [3.63, 3.8) is 0 Å². The fourth-order valence-corrected chi connectivity index (χ4v) is 2.69. The number of carbonyl (C=O) groups is 2. The van der Waals surface area contributed by atoms with Gasteiger partial charge < -0.3 is 23.2 Å².